The van der Waals surface area contributed by atoms with Crippen molar-refractivity contribution in [2.75, 3.05) is 6.54 Å². The molecule has 0 aliphatic carbocycles. The average Bonchev–Trinajstić information content (AvgIpc) is 3.03. The van der Waals surface area contributed by atoms with Gasteiger partial charge in [-0.1, -0.05) is 12.1 Å². The Morgan fingerprint density at radius 3 is 3.11 bits per heavy atom. The number of nitrogens with zero attached hydrogens (tertiary/aromatic N) is 2. The molecule has 0 bridgehead atoms. The van der Waals surface area contributed by atoms with Crippen LogP contribution in [0.15, 0.2) is 21.3 Å². The normalized spacial score (nSPS) is 12.8. The van der Waals surface area contributed by atoms with Crippen molar-refractivity contribution in [2.24, 2.45) is 0 Å². The van der Waals surface area contributed by atoms with Crippen LogP contribution >= 0.6 is 11.3 Å². The molecule has 1 N–H and O–H groups in total. The molecule has 0 saturated heterocycles. The molecule has 0 fully saturated rings. The Bertz CT molecular complexity index is 453. The Morgan fingerprint density at radius 1 is 1.50 bits per heavy atom. The van der Waals surface area contributed by atoms with Crippen LogP contribution in [0, 0.1) is 0 Å². The van der Waals surface area contributed by atoms with E-state index in [1.165, 1.54) is 0 Å². The van der Waals surface area contributed by atoms with Crippen LogP contribution in [-0.4, -0.2) is 22.7 Å². The number of aryl methyl sites for hydroxylation is 1. The van der Waals surface area contributed by atoms with Crippen molar-refractivity contribution >= 4 is 11.3 Å². The summed E-state index contributed by atoms with van der Waals surface area (Å²) in [6, 6.07) is 2.49. The zero-order valence-corrected chi connectivity index (χ0v) is 11.7. The number of thiophene rings is 1. The van der Waals surface area contributed by atoms with Crippen LogP contribution in [0.25, 0.3) is 11.4 Å². The molecule has 2 rings (SSSR count). The van der Waals surface area contributed by atoms with E-state index in [1.54, 1.807) is 11.3 Å². The van der Waals surface area contributed by atoms with Gasteiger partial charge < -0.3 is 9.84 Å². The molecule has 98 valence electrons. The Morgan fingerprint density at radius 2 is 2.39 bits per heavy atom. The Hall–Kier alpha value is -1.20. The summed E-state index contributed by atoms with van der Waals surface area (Å²) in [5.74, 6) is 1.42. The highest BCUT2D eigenvalue weighted by atomic mass is 32.1. The van der Waals surface area contributed by atoms with Gasteiger partial charge in [-0.2, -0.15) is 16.3 Å². The molecular weight excluding hydrogens is 246 g/mol. The molecule has 2 aromatic heterocycles. The van der Waals surface area contributed by atoms with Gasteiger partial charge in [0.1, 0.15) is 0 Å². The Balaban J connectivity index is 1.84. The summed E-state index contributed by atoms with van der Waals surface area (Å²) in [5, 5.41) is 11.5. The van der Waals surface area contributed by atoms with Crippen molar-refractivity contribution in [3.05, 3.63) is 22.7 Å². The first-order chi connectivity index (χ1) is 8.79. The van der Waals surface area contributed by atoms with Crippen LogP contribution in [0.5, 0.6) is 0 Å². The summed E-state index contributed by atoms with van der Waals surface area (Å²) >= 11 is 1.64. The second kappa shape index (κ2) is 6.66. The third kappa shape index (κ3) is 3.65. The van der Waals surface area contributed by atoms with Crippen LogP contribution in [0.4, 0.5) is 0 Å². The van der Waals surface area contributed by atoms with Crippen LogP contribution < -0.4 is 5.32 Å². The van der Waals surface area contributed by atoms with Crippen molar-refractivity contribution in [3.8, 4) is 11.4 Å². The first kappa shape index (κ1) is 13.2. The van der Waals surface area contributed by atoms with Crippen LogP contribution in [0.2, 0.25) is 0 Å². The van der Waals surface area contributed by atoms with Gasteiger partial charge in [-0.05, 0) is 37.8 Å². The highest BCUT2D eigenvalue weighted by molar-refractivity contribution is 7.08. The zero-order valence-electron chi connectivity index (χ0n) is 10.8. The number of aromatic nitrogens is 2. The van der Waals surface area contributed by atoms with Gasteiger partial charge in [0.2, 0.25) is 11.7 Å². The number of nitrogens with one attached hydrogen (secondary N) is 1. The minimum absolute atomic E-state index is 0.487. The quantitative estimate of drug-likeness (QED) is 0.835. The SMILES string of the molecule is CCCNC(C)CCc1nc(-c2ccsc2)no1. The molecule has 2 aromatic rings. The largest absolute Gasteiger partial charge is 0.339 e. The van der Waals surface area contributed by atoms with Gasteiger partial charge in [0.05, 0.1) is 0 Å². The number of hydrogen-bond acceptors (Lipinski definition) is 5. The van der Waals surface area contributed by atoms with Crippen LogP contribution in [0.1, 0.15) is 32.6 Å². The predicted molar refractivity (Wildman–Crippen MR) is 73.7 cm³/mol. The lowest BCUT2D eigenvalue weighted by Crippen LogP contribution is -2.27. The van der Waals surface area contributed by atoms with Crippen molar-refractivity contribution in [2.45, 2.75) is 39.2 Å². The lowest BCUT2D eigenvalue weighted by Gasteiger charge is -2.10. The highest BCUT2D eigenvalue weighted by Gasteiger charge is 2.10. The lowest BCUT2D eigenvalue weighted by molar-refractivity contribution is 0.367. The fourth-order valence-corrected chi connectivity index (χ4v) is 2.33. The van der Waals surface area contributed by atoms with Crippen LogP contribution in [-0.2, 0) is 6.42 Å². The molecule has 5 heteroatoms. The fraction of sp³-hybridized carbons (Fsp3) is 0.538. The Kier molecular flexibility index (Phi) is 4.90. The van der Waals surface area contributed by atoms with Crippen molar-refractivity contribution in [1.29, 1.82) is 0 Å². The van der Waals surface area contributed by atoms with Gasteiger partial charge in [-0.25, -0.2) is 0 Å². The van der Waals surface area contributed by atoms with E-state index in [2.05, 4.69) is 29.3 Å². The van der Waals surface area contributed by atoms with Crippen molar-refractivity contribution < 1.29 is 4.52 Å². The fourth-order valence-electron chi connectivity index (χ4n) is 1.70. The molecule has 1 atom stereocenters. The van der Waals surface area contributed by atoms with E-state index in [1.807, 2.05) is 16.8 Å². The van der Waals surface area contributed by atoms with Gasteiger partial charge in [0, 0.05) is 23.4 Å². The molecule has 0 radical (unpaired) electrons. The van der Waals surface area contributed by atoms with E-state index in [0.29, 0.717) is 11.9 Å². The van der Waals surface area contributed by atoms with Gasteiger partial charge in [-0.15, -0.1) is 0 Å². The molecule has 1 unspecified atom stereocenters. The first-order valence-electron chi connectivity index (χ1n) is 6.38. The van der Waals surface area contributed by atoms with Crippen molar-refractivity contribution in [1.82, 2.24) is 15.5 Å². The topological polar surface area (TPSA) is 51.0 Å². The third-order valence-electron chi connectivity index (χ3n) is 2.78. The van der Waals surface area contributed by atoms with Gasteiger partial charge in [-0.3, -0.25) is 0 Å². The summed E-state index contributed by atoms with van der Waals surface area (Å²) in [7, 11) is 0. The summed E-state index contributed by atoms with van der Waals surface area (Å²) in [6.45, 7) is 5.42. The second-order valence-corrected chi connectivity index (χ2v) is 5.20. The monoisotopic (exact) mass is 265 g/mol. The van der Waals surface area contributed by atoms with Gasteiger partial charge in [0.15, 0.2) is 0 Å². The second-order valence-electron chi connectivity index (χ2n) is 4.42. The summed E-state index contributed by atoms with van der Waals surface area (Å²) < 4.78 is 5.26. The number of rotatable bonds is 7. The summed E-state index contributed by atoms with van der Waals surface area (Å²) in [4.78, 5) is 4.41. The minimum Gasteiger partial charge on any atom is -0.339 e. The minimum atomic E-state index is 0.487. The molecule has 18 heavy (non-hydrogen) atoms. The molecular formula is C13H19N3OS. The van der Waals surface area contributed by atoms with Crippen LogP contribution in [0.3, 0.4) is 0 Å². The molecule has 0 amide bonds. The third-order valence-corrected chi connectivity index (χ3v) is 3.46. The molecule has 4 nitrogen and oxygen atoms in total. The van der Waals surface area contributed by atoms with Gasteiger partial charge >= 0.3 is 0 Å². The lowest BCUT2D eigenvalue weighted by atomic mass is 10.2. The van der Waals surface area contributed by atoms with E-state index < -0.39 is 0 Å². The zero-order chi connectivity index (χ0) is 12.8. The van der Waals surface area contributed by atoms with E-state index in [4.69, 9.17) is 4.52 Å². The summed E-state index contributed by atoms with van der Waals surface area (Å²) in [5.41, 5.74) is 1.03. The maximum Gasteiger partial charge on any atom is 0.227 e. The predicted octanol–water partition coefficient (Wildman–Crippen LogP) is 3.12. The maximum atomic E-state index is 5.26. The maximum absolute atomic E-state index is 5.26. The standard InChI is InChI=1S/C13H19N3OS/c1-3-7-14-10(2)4-5-12-15-13(16-17-12)11-6-8-18-9-11/h6,8-10,14H,3-5,7H2,1-2H3. The van der Waals surface area contributed by atoms with Gasteiger partial charge in [0.25, 0.3) is 0 Å². The Labute approximate surface area is 111 Å². The molecule has 0 aliphatic rings. The highest BCUT2D eigenvalue weighted by Crippen LogP contribution is 2.19. The van der Waals surface area contributed by atoms with Crippen molar-refractivity contribution in [3.63, 3.8) is 0 Å². The van der Waals surface area contributed by atoms with E-state index >= 15 is 0 Å². The smallest absolute Gasteiger partial charge is 0.227 e. The molecule has 0 saturated carbocycles. The van der Waals surface area contributed by atoms with E-state index in [0.717, 1.165) is 37.3 Å². The van der Waals surface area contributed by atoms with E-state index in [9.17, 15) is 0 Å². The first-order valence-corrected chi connectivity index (χ1v) is 7.32. The average molecular weight is 265 g/mol. The van der Waals surface area contributed by atoms with E-state index in [-0.39, 0.29) is 0 Å². The molecule has 0 aliphatic heterocycles. The molecule has 0 aromatic carbocycles. The summed E-state index contributed by atoms with van der Waals surface area (Å²) in [6.07, 6.45) is 3.01. The molecule has 2 heterocycles. The number of hydrogen-bond donors (Lipinski definition) is 1. The molecule has 0 spiro atoms.